The van der Waals surface area contributed by atoms with Gasteiger partial charge in [0, 0.05) is 43.7 Å². The lowest BCUT2D eigenvalue weighted by Gasteiger charge is -2.32. The van der Waals surface area contributed by atoms with E-state index in [0.717, 1.165) is 37.3 Å². The maximum atomic E-state index is 13.0. The number of nitrogens with zero attached hydrogens (tertiary/aromatic N) is 3. The van der Waals surface area contributed by atoms with Crippen LogP contribution in [0.5, 0.6) is 0 Å². The zero-order valence-corrected chi connectivity index (χ0v) is 16.2. The van der Waals surface area contributed by atoms with Crippen molar-refractivity contribution in [2.75, 3.05) is 33.2 Å². The molecule has 0 saturated carbocycles. The number of hydrogen-bond acceptors (Lipinski definition) is 5. The summed E-state index contributed by atoms with van der Waals surface area (Å²) in [6.45, 7) is 3.40. The van der Waals surface area contributed by atoms with Crippen molar-refractivity contribution in [2.24, 2.45) is 0 Å². The molecule has 0 radical (unpaired) electrons. The van der Waals surface area contributed by atoms with E-state index in [2.05, 4.69) is 17.1 Å². The Morgan fingerprint density at radius 2 is 1.70 bits per heavy atom. The highest BCUT2D eigenvalue weighted by Gasteiger charge is 2.38. The van der Waals surface area contributed by atoms with Crippen LogP contribution in [0.25, 0.3) is 11.3 Å². The fourth-order valence-electron chi connectivity index (χ4n) is 2.73. The van der Waals surface area contributed by atoms with Crippen molar-refractivity contribution >= 4 is 11.9 Å². The van der Waals surface area contributed by atoms with Gasteiger partial charge in [-0.1, -0.05) is 5.16 Å². The van der Waals surface area contributed by atoms with Crippen LogP contribution in [0.2, 0.25) is 0 Å². The molecule has 1 aromatic carbocycles. The third-order valence-corrected chi connectivity index (χ3v) is 4.46. The lowest BCUT2D eigenvalue weighted by atomic mass is 10.0. The fourth-order valence-corrected chi connectivity index (χ4v) is 2.73. The molecule has 2 aromatic rings. The molecule has 0 unspecified atom stereocenters. The molecule has 164 valence electrons. The van der Waals surface area contributed by atoms with Crippen molar-refractivity contribution in [1.82, 2.24) is 15.0 Å². The van der Waals surface area contributed by atoms with E-state index in [1.54, 1.807) is 18.3 Å². The minimum absolute atomic E-state index is 0.157. The van der Waals surface area contributed by atoms with E-state index in [1.165, 1.54) is 12.1 Å². The van der Waals surface area contributed by atoms with E-state index >= 15 is 0 Å². The van der Waals surface area contributed by atoms with Crippen LogP contribution in [0.4, 0.5) is 17.6 Å². The van der Waals surface area contributed by atoms with Crippen LogP contribution < -0.4 is 0 Å². The molecule has 3 rings (SSSR count). The fraction of sp³-hybridized carbons (Fsp3) is 0.421. The van der Waals surface area contributed by atoms with E-state index in [1.807, 2.05) is 4.90 Å². The highest BCUT2D eigenvalue weighted by Crippen LogP contribution is 2.25. The number of hydrogen-bond donors (Lipinski definition) is 1. The van der Waals surface area contributed by atoms with Gasteiger partial charge < -0.3 is 19.4 Å². The van der Waals surface area contributed by atoms with Crippen molar-refractivity contribution in [3.05, 3.63) is 41.8 Å². The highest BCUT2D eigenvalue weighted by molar-refractivity contribution is 5.77. The van der Waals surface area contributed by atoms with E-state index in [9.17, 15) is 22.4 Å². The molecule has 11 heteroatoms. The van der Waals surface area contributed by atoms with E-state index < -0.39 is 12.1 Å². The first-order valence-electron chi connectivity index (χ1n) is 9.04. The second kappa shape index (κ2) is 10.2. The third-order valence-electron chi connectivity index (χ3n) is 4.46. The van der Waals surface area contributed by atoms with Crippen LogP contribution in [0.15, 0.2) is 35.0 Å². The number of aromatic nitrogens is 1. The van der Waals surface area contributed by atoms with Gasteiger partial charge in [-0.3, -0.25) is 4.79 Å². The topological polar surface area (TPSA) is 86.9 Å². The molecular formula is C19H21F4N3O4. The number of aliphatic carboxylic acids is 1. The van der Waals surface area contributed by atoms with Gasteiger partial charge in [-0.25, -0.2) is 9.18 Å². The summed E-state index contributed by atoms with van der Waals surface area (Å²) in [4.78, 5) is 25.3. The summed E-state index contributed by atoms with van der Waals surface area (Å²) in [7, 11) is 2.06. The van der Waals surface area contributed by atoms with Gasteiger partial charge in [-0.15, -0.1) is 0 Å². The number of benzene rings is 1. The minimum atomic E-state index is -5.08. The average molecular weight is 431 g/mol. The van der Waals surface area contributed by atoms with Gasteiger partial charge >= 0.3 is 12.1 Å². The molecule has 30 heavy (non-hydrogen) atoms. The zero-order chi connectivity index (χ0) is 22.3. The van der Waals surface area contributed by atoms with Gasteiger partial charge in [0.05, 0.1) is 6.20 Å². The molecule has 1 amide bonds. The molecule has 0 atom stereocenters. The summed E-state index contributed by atoms with van der Waals surface area (Å²) in [6.07, 6.45) is -2.45. The number of piperazine rings is 1. The maximum absolute atomic E-state index is 13.0. The molecule has 0 bridgehead atoms. The number of likely N-dealkylation sites (N-methyl/N-ethyl adjacent to an activating group) is 1. The minimum Gasteiger partial charge on any atom is -0.475 e. The SMILES string of the molecule is CN1CCN(C(=O)CCc2cnoc2-c2ccc(F)cc2)CC1.O=C(O)C(F)(F)F. The summed E-state index contributed by atoms with van der Waals surface area (Å²) in [6, 6.07) is 6.08. The Morgan fingerprint density at radius 3 is 2.23 bits per heavy atom. The van der Waals surface area contributed by atoms with Crippen molar-refractivity contribution in [2.45, 2.75) is 19.0 Å². The molecule has 0 aliphatic carbocycles. The molecule has 1 fully saturated rings. The second-order valence-electron chi connectivity index (χ2n) is 6.67. The number of carboxylic acids is 1. The number of amides is 1. The van der Waals surface area contributed by atoms with Crippen molar-refractivity contribution in [1.29, 1.82) is 0 Å². The van der Waals surface area contributed by atoms with Crippen LogP contribution in [0.3, 0.4) is 0 Å². The van der Waals surface area contributed by atoms with Crippen molar-refractivity contribution in [3.8, 4) is 11.3 Å². The number of carboxylic acid groups (broad SMARTS) is 1. The third kappa shape index (κ3) is 6.83. The number of carbonyl (C=O) groups is 2. The smallest absolute Gasteiger partial charge is 0.475 e. The first-order chi connectivity index (χ1) is 14.1. The molecule has 0 spiro atoms. The van der Waals surface area contributed by atoms with E-state index in [4.69, 9.17) is 14.4 Å². The molecule has 1 aromatic heterocycles. The lowest BCUT2D eigenvalue weighted by molar-refractivity contribution is -0.192. The molecule has 7 nitrogen and oxygen atoms in total. The Bertz CT molecular complexity index is 844. The molecule has 1 saturated heterocycles. The summed E-state index contributed by atoms with van der Waals surface area (Å²) in [5.74, 6) is -2.28. The van der Waals surface area contributed by atoms with Crippen molar-refractivity contribution in [3.63, 3.8) is 0 Å². The average Bonchev–Trinajstić information content (AvgIpc) is 3.15. The number of carbonyl (C=O) groups excluding carboxylic acids is 1. The number of aryl methyl sites for hydroxylation is 1. The van der Waals surface area contributed by atoms with Crippen LogP contribution in [-0.4, -0.2) is 71.3 Å². The Labute approximate surface area is 169 Å². The first-order valence-corrected chi connectivity index (χ1v) is 9.04. The van der Waals surface area contributed by atoms with E-state index in [-0.39, 0.29) is 11.7 Å². The number of alkyl halides is 3. The highest BCUT2D eigenvalue weighted by atomic mass is 19.4. The molecule has 1 aliphatic heterocycles. The first kappa shape index (κ1) is 23.3. The Balaban J connectivity index is 0.000000396. The normalized spacial score (nSPS) is 14.8. The summed E-state index contributed by atoms with van der Waals surface area (Å²) in [5.41, 5.74) is 1.64. The van der Waals surface area contributed by atoms with Gasteiger partial charge in [-0.05, 0) is 37.7 Å². The van der Waals surface area contributed by atoms with Gasteiger partial charge in [-0.2, -0.15) is 13.2 Å². The van der Waals surface area contributed by atoms with Crippen LogP contribution >= 0.6 is 0 Å². The van der Waals surface area contributed by atoms with Gasteiger partial charge in [0.2, 0.25) is 5.91 Å². The van der Waals surface area contributed by atoms with Crippen LogP contribution in [0.1, 0.15) is 12.0 Å². The van der Waals surface area contributed by atoms with Gasteiger partial charge in [0.15, 0.2) is 5.76 Å². The Kier molecular flexibility index (Phi) is 7.93. The van der Waals surface area contributed by atoms with Gasteiger partial charge in [0.1, 0.15) is 5.82 Å². The predicted molar refractivity (Wildman–Crippen MR) is 98.0 cm³/mol. The monoisotopic (exact) mass is 431 g/mol. The number of rotatable bonds is 4. The van der Waals surface area contributed by atoms with Crippen LogP contribution in [-0.2, 0) is 16.0 Å². The van der Waals surface area contributed by atoms with E-state index in [0.29, 0.717) is 18.6 Å². The lowest BCUT2D eigenvalue weighted by Crippen LogP contribution is -2.47. The summed E-state index contributed by atoms with van der Waals surface area (Å²) in [5, 5.41) is 10.9. The summed E-state index contributed by atoms with van der Waals surface area (Å²) < 4.78 is 50.0. The molecule has 1 aliphatic rings. The largest absolute Gasteiger partial charge is 0.490 e. The predicted octanol–water partition coefficient (Wildman–Crippen LogP) is 2.82. The maximum Gasteiger partial charge on any atom is 0.490 e. The van der Waals surface area contributed by atoms with Crippen molar-refractivity contribution < 1.29 is 36.8 Å². The van der Waals surface area contributed by atoms with Gasteiger partial charge in [0.25, 0.3) is 0 Å². The number of halogens is 4. The Morgan fingerprint density at radius 1 is 1.13 bits per heavy atom. The second-order valence-corrected chi connectivity index (χ2v) is 6.67. The Hall–Kier alpha value is -2.95. The zero-order valence-electron chi connectivity index (χ0n) is 16.2. The molecule has 1 N–H and O–H groups in total. The molecular weight excluding hydrogens is 410 g/mol. The quantitative estimate of drug-likeness (QED) is 0.750. The molecule has 2 heterocycles. The van der Waals surface area contributed by atoms with Crippen LogP contribution in [0, 0.1) is 5.82 Å². The summed E-state index contributed by atoms with van der Waals surface area (Å²) >= 11 is 0. The standard InChI is InChI=1S/C17H20FN3O2.C2HF3O2/c1-20-8-10-21(11-9-20)16(22)7-4-14-12-19-23-17(14)13-2-5-15(18)6-3-13;3-2(4,5)1(6)7/h2-3,5-6,12H,4,7-11H2,1H3;(H,6,7).